The summed E-state index contributed by atoms with van der Waals surface area (Å²) >= 11 is 5.87. The largest absolute Gasteiger partial charge is 0.504 e. The van der Waals surface area contributed by atoms with Crippen molar-refractivity contribution in [3.8, 4) is 34.0 Å². The Morgan fingerprint density at radius 3 is 2.24 bits per heavy atom. The fraction of sp³-hybridized carbons (Fsp3) is 0.0625. The summed E-state index contributed by atoms with van der Waals surface area (Å²) in [6, 6.07) is 14.5. The Morgan fingerprint density at radius 1 is 1.00 bits per heavy atom. The van der Waals surface area contributed by atoms with Gasteiger partial charge in [-0.05, 0) is 36.4 Å². The lowest BCUT2D eigenvalue weighted by Crippen LogP contribution is -1.83. The van der Waals surface area contributed by atoms with E-state index in [1.807, 2.05) is 36.4 Å². The molecule has 1 heterocycles. The molecule has 0 fully saturated rings. The van der Waals surface area contributed by atoms with Crippen molar-refractivity contribution in [1.82, 2.24) is 10.2 Å². The van der Waals surface area contributed by atoms with E-state index >= 15 is 0 Å². The highest BCUT2D eigenvalue weighted by atomic mass is 35.5. The number of rotatable bonds is 3. The molecule has 0 aliphatic carbocycles. The average molecular weight is 301 g/mol. The number of aromatic amines is 1. The molecule has 0 unspecified atom stereocenters. The van der Waals surface area contributed by atoms with Gasteiger partial charge in [0.2, 0.25) is 0 Å². The molecule has 106 valence electrons. The molecule has 0 saturated heterocycles. The van der Waals surface area contributed by atoms with Gasteiger partial charge in [0.05, 0.1) is 7.11 Å². The Bertz CT molecular complexity index is 749. The van der Waals surface area contributed by atoms with Crippen LogP contribution in [0.5, 0.6) is 11.5 Å². The maximum Gasteiger partial charge on any atom is 0.169 e. The fourth-order valence-corrected chi connectivity index (χ4v) is 2.23. The van der Waals surface area contributed by atoms with Crippen LogP contribution in [0.2, 0.25) is 5.02 Å². The number of hydrogen-bond acceptors (Lipinski definition) is 3. The molecule has 4 nitrogen and oxygen atoms in total. The van der Waals surface area contributed by atoms with Crippen molar-refractivity contribution in [3.63, 3.8) is 0 Å². The van der Waals surface area contributed by atoms with Gasteiger partial charge in [-0.15, -0.1) is 0 Å². The molecule has 2 aromatic carbocycles. The average Bonchev–Trinajstić information content (AvgIpc) is 2.90. The molecule has 0 atom stereocenters. The number of aromatic nitrogens is 2. The van der Waals surface area contributed by atoms with Crippen LogP contribution in [0.25, 0.3) is 22.5 Å². The van der Waals surface area contributed by atoms with E-state index in [-0.39, 0.29) is 5.75 Å². The van der Waals surface area contributed by atoms with Gasteiger partial charge in [-0.2, -0.15) is 5.10 Å². The van der Waals surface area contributed by atoms with Crippen LogP contribution in [0, 0.1) is 0 Å². The van der Waals surface area contributed by atoms with Crippen LogP contribution in [-0.4, -0.2) is 22.4 Å². The van der Waals surface area contributed by atoms with Gasteiger partial charge in [-0.1, -0.05) is 23.7 Å². The number of ether oxygens (including phenoxy) is 1. The zero-order valence-electron chi connectivity index (χ0n) is 11.3. The van der Waals surface area contributed by atoms with Crippen molar-refractivity contribution in [2.75, 3.05) is 7.11 Å². The van der Waals surface area contributed by atoms with Gasteiger partial charge >= 0.3 is 0 Å². The molecule has 3 aromatic rings. The van der Waals surface area contributed by atoms with E-state index in [2.05, 4.69) is 10.2 Å². The number of nitrogens with one attached hydrogen (secondary N) is 1. The zero-order chi connectivity index (χ0) is 14.8. The van der Waals surface area contributed by atoms with Crippen molar-refractivity contribution in [3.05, 3.63) is 53.6 Å². The number of methoxy groups -OCH3 is 1. The van der Waals surface area contributed by atoms with Crippen LogP contribution < -0.4 is 4.74 Å². The SMILES string of the molecule is COc1ccc(-c2n[nH]c(-c3ccc(Cl)cc3)c2O)cc1. The Labute approximate surface area is 127 Å². The third-order valence-electron chi connectivity index (χ3n) is 3.24. The second-order valence-corrected chi connectivity index (χ2v) is 4.97. The highest BCUT2D eigenvalue weighted by Gasteiger charge is 2.15. The maximum absolute atomic E-state index is 10.4. The summed E-state index contributed by atoms with van der Waals surface area (Å²) in [7, 11) is 1.61. The number of aromatic hydroxyl groups is 1. The number of halogens is 1. The van der Waals surface area contributed by atoms with Gasteiger partial charge in [0, 0.05) is 16.1 Å². The number of hydrogen-bond donors (Lipinski definition) is 2. The van der Waals surface area contributed by atoms with Gasteiger partial charge < -0.3 is 9.84 Å². The smallest absolute Gasteiger partial charge is 0.169 e. The van der Waals surface area contributed by atoms with Gasteiger partial charge in [0.25, 0.3) is 0 Å². The fourth-order valence-electron chi connectivity index (χ4n) is 2.10. The predicted octanol–water partition coefficient (Wildman–Crippen LogP) is 4.11. The van der Waals surface area contributed by atoms with Crippen LogP contribution in [0.4, 0.5) is 0 Å². The van der Waals surface area contributed by atoms with E-state index in [1.165, 1.54) is 0 Å². The van der Waals surface area contributed by atoms with Gasteiger partial charge in [-0.3, -0.25) is 5.10 Å². The summed E-state index contributed by atoms with van der Waals surface area (Å²) in [5, 5.41) is 18.1. The molecule has 1 aromatic heterocycles. The summed E-state index contributed by atoms with van der Waals surface area (Å²) in [5.41, 5.74) is 2.70. The van der Waals surface area contributed by atoms with Crippen molar-refractivity contribution in [2.45, 2.75) is 0 Å². The summed E-state index contributed by atoms with van der Waals surface area (Å²) in [6.07, 6.45) is 0. The standard InChI is InChI=1S/C16H13ClN2O2/c1-21-13-8-4-11(5-9-13)15-16(20)14(18-19-15)10-2-6-12(17)7-3-10/h2-9,20H,1H3,(H,18,19). The topological polar surface area (TPSA) is 58.1 Å². The van der Waals surface area contributed by atoms with Gasteiger partial charge in [0.15, 0.2) is 5.75 Å². The molecule has 0 saturated carbocycles. The van der Waals surface area contributed by atoms with Crippen LogP contribution in [0.1, 0.15) is 0 Å². The maximum atomic E-state index is 10.4. The molecular formula is C16H13ClN2O2. The molecule has 0 bridgehead atoms. The zero-order valence-corrected chi connectivity index (χ0v) is 12.1. The van der Waals surface area contributed by atoms with Crippen LogP contribution in [-0.2, 0) is 0 Å². The first-order valence-corrected chi connectivity index (χ1v) is 6.74. The number of benzene rings is 2. The molecule has 2 N–H and O–H groups in total. The second-order valence-electron chi connectivity index (χ2n) is 4.53. The Balaban J connectivity index is 2.00. The first kappa shape index (κ1) is 13.5. The summed E-state index contributed by atoms with van der Waals surface area (Å²) in [4.78, 5) is 0. The summed E-state index contributed by atoms with van der Waals surface area (Å²) < 4.78 is 5.12. The summed E-state index contributed by atoms with van der Waals surface area (Å²) in [6.45, 7) is 0. The van der Waals surface area contributed by atoms with Crippen molar-refractivity contribution >= 4 is 11.6 Å². The normalized spacial score (nSPS) is 10.6. The van der Waals surface area contributed by atoms with Crippen molar-refractivity contribution < 1.29 is 9.84 Å². The van der Waals surface area contributed by atoms with E-state index in [0.717, 1.165) is 16.9 Å². The van der Waals surface area contributed by atoms with Crippen molar-refractivity contribution in [2.24, 2.45) is 0 Å². The quantitative estimate of drug-likeness (QED) is 0.765. The lowest BCUT2D eigenvalue weighted by molar-refractivity contribution is 0.415. The molecule has 0 amide bonds. The number of nitrogens with zero attached hydrogens (tertiary/aromatic N) is 1. The third kappa shape index (κ3) is 2.58. The molecule has 3 rings (SSSR count). The number of H-pyrrole nitrogens is 1. The Morgan fingerprint density at radius 2 is 1.62 bits per heavy atom. The van der Waals surface area contributed by atoms with E-state index < -0.39 is 0 Å². The van der Waals surface area contributed by atoms with E-state index in [4.69, 9.17) is 16.3 Å². The van der Waals surface area contributed by atoms with E-state index in [9.17, 15) is 5.11 Å². The minimum absolute atomic E-state index is 0.113. The Kier molecular flexibility index (Phi) is 3.54. The first-order valence-electron chi connectivity index (χ1n) is 6.36. The van der Waals surface area contributed by atoms with Crippen molar-refractivity contribution in [1.29, 1.82) is 0 Å². The molecule has 0 aliphatic rings. The highest BCUT2D eigenvalue weighted by molar-refractivity contribution is 6.30. The van der Waals surface area contributed by atoms with E-state index in [0.29, 0.717) is 16.4 Å². The van der Waals surface area contributed by atoms with Crippen LogP contribution in [0.15, 0.2) is 48.5 Å². The minimum Gasteiger partial charge on any atom is -0.504 e. The van der Waals surface area contributed by atoms with Gasteiger partial charge in [0.1, 0.15) is 17.1 Å². The van der Waals surface area contributed by atoms with Crippen LogP contribution >= 0.6 is 11.6 Å². The monoisotopic (exact) mass is 300 g/mol. The third-order valence-corrected chi connectivity index (χ3v) is 3.49. The molecular weight excluding hydrogens is 288 g/mol. The van der Waals surface area contributed by atoms with Crippen LogP contribution in [0.3, 0.4) is 0 Å². The molecule has 0 aliphatic heterocycles. The molecule has 21 heavy (non-hydrogen) atoms. The lowest BCUT2D eigenvalue weighted by Gasteiger charge is -2.02. The summed E-state index contributed by atoms with van der Waals surface area (Å²) in [5.74, 6) is 0.870. The molecule has 0 spiro atoms. The van der Waals surface area contributed by atoms with E-state index in [1.54, 1.807) is 19.2 Å². The predicted molar refractivity (Wildman–Crippen MR) is 82.7 cm³/mol. The lowest BCUT2D eigenvalue weighted by atomic mass is 10.1. The first-order chi connectivity index (χ1) is 10.2. The highest BCUT2D eigenvalue weighted by Crippen LogP contribution is 2.36. The Hall–Kier alpha value is -2.46. The molecule has 5 heteroatoms. The van der Waals surface area contributed by atoms with Gasteiger partial charge in [-0.25, -0.2) is 0 Å². The minimum atomic E-state index is 0.113. The second kappa shape index (κ2) is 5.50. The molecule has 0 radical (unpaired) electrons.